The van der Waals surface area contributed by atoms with E-state index in [0.717, 1.165) is 35.7 Å². The number of benzene rings is 1. The molecular weight excluding hydrogens is 330 g/mol. The van der Waals surface area contributed by atoms with Crippen LogP contribution < -0.4 is 0 Å². The highest BCUT2D eigenvalue weighted by molar-refractivity contribution is 9.10. The van der Waals surface area contributed by atoms with Crippen molar-refractivity contribution in [2.45, 2.75) is 51.5 Å². The topological polar surface area (TPSA) is 37.4 Å². The van der Waals surface area contributed by atoms with Gasteiger partial charge in [-0.3, -0.25) is 14.5 Å². The molecule has 2 amide bonds. The number of rotatable bonds is 2. The highest BCUT2D eigenvalue weighted by Gasteiger charge is 2.43. The van der Waals surface area contributed by atoms with Gasteiger partial charge in [-0.15, -0.1) is 0 Å². The maximum Gasteiger partial charge on any atom is 0.230 e. The number of hydrogen-bond acceptors (Lipinski definition) is 2. The van der Waals surface area contributed by atoms with Gasteiger partial charge in [-0.05, 0) is 29.9 Å². The smallest absolute Gasteiger partial charge is 0.230 e. The minimum atomic E-state index is -0.0309. The Bertz CT molecular complexity index is 544. The van der Waals surface area contributed by atoms with Crippen molar-refractivity contribution in [3.05, 3.63) is 34.3 Å². The summed E-state index contributed by atoms with van der Waals surface area (Å²) in [6.07, 6.45) is 6.72. The third-order valence-electron chi connectivity index (χ3n) is 4.86. The van der Waals surface area contributed by atoms with Crippen LogP contribution in [0.4, 0.5) is 0 Å². The molecule has 0 N–H and O–H groups in total. The van der Waals surface area contributed by atoms with Gasteiger partial charge in [-0.1, -0.05) is 53.4 Å². The van der Waals surface area contributed by atoms with Gasteiger partial charge in [0.2, 0.25) is 11.8 Å². The average molecular weight is 350 g/mol. The van der Waals surface area contributed by atoms with E-state index in [4.69, 9.17) is 0 Å². The van der Waals surface area contributed by atoms with Crippen LogP contribution in [0.5, 0.6) is 0 Å². The van der Waals surface area contributed by atoms with Crippen LogP contribution in [0.3, 0.4) is 0 Å². The fraction of sp³-hybridized carbons (Fsp3) is 0.529. The highest BCUT2D eigenvalue weighted by atomic mass is 79.9. The number of imide groups is 1. The molecule has 0 bridgehead atoms. The van der Waals surface area contributed by atoms with Crippen LogP contribution in [0.15, 0.2) is 28.7 Å². The number of amides is 2. The van der Waals surface area contributed by atoms with Crippen molar-refractivity contribution < 1.29 is 9.59 Å². The molecule has 0 unspecified atom stereocenters. The molecule has 1 aliphatic heterocycles. The van der Waals surface area contributed by atoms with Gasteiger partial charge in [0, 0.05) is 17.3 Å². The SMILES string of the molecule is O=C1CC2(CCCCC2)CC(=O)N1Cc1ccccc1Br. The molecule has 0 radical (unpaired) electrons. The van der Waals surface area contributed by atoms with Gasteiger partial charge < -0.3 is 0 Å². The van der Waals surface area contributed by atoms with E-state index in [1.165, 1.54) is 11.3 Å². The van der Waals surface area contributed by atoms with Gasteiger partial charge in [-0.2, -0.15) is 0 Å². The quantitative estimate of drug-likeness (QED) is 0.755. The lowest BCUT2D eigenvalue weighted by Crippen LogP contribution is -2.48. The molecule has 1 aromatic carbocycles. The van der Waals surface area contributed by atoms with Crippen LogP contribution >= 0.6 is 15.9 Å². The zero-order valence-corrected chi connectivity index (χ0v) is 13.7. The molecule has 1 heterocycles. The van der Waals surface area contributed by atoms with Crippen LogP contribution in [-0.2, 0) is 16.1 Å². The molecule has 1 saturated heterocycles. The summed E-state index contributed by atoms with van der Waals surface area (Å²) in [5.41, 5.74) is 0.954. The lowest BCUT2D eigenvalue weighted by molar-refractivity contribution is -0.155. The average Bonchev–Trinajstić information content (AvgIpc) is 2.45. The monoisotopic (exact) mass is 349 g/mol. The van der Waals surface area contributed by atoms with Gasteiger partial charge in [0.05, 0.1) is 6.54 Å². The largest absolute Gasteiger partial charge is 0.278 e. The van der Waals surface area contributed by atoms with Crippen molar-refractivity contribution in [1.82, 2.24) is 4.90 Å². The number of hydrogen-bond donors (Lipinski definition) is 0. The summed E-state index contributed by atoms with van der Waals surface area (Å²) in [6, 6.07) is 7.76. The van der Waals surface area contributed by atoms with E-state index in [9.17, 15) is 9.59 Å². The lowest BCUT2D eigenvalue weighted by atomic mass is 9.67. The second kappa shape index (κ2) is 5.91. The van der Waals surface area contributed by atoms with Crippen molar-refractivity contribution in [2.24, 2.45) is 5.41 Å². The Morgan fingerprint density at radius 1 is 1.00 bits per heavy atom. The van der Waals surface area contributed by atoms with Crippen LogP contribution in [0, 0.1) is 5.41 Å². The Morgan fingerprint density at radius 3 is 2.24 bits per heavy atom. The summed E-state index contributed by atoms with van der Waals surface area (Å²) >= 11 is 3.48. The first-order valence-corrected chi connectivity index (χ1v) is 8.46. The predicted molar refractivity (Wildman–Crippen MR) is 84.5 cm³/mol. The fourth-order valence-corrected chi connectivity index (χ4v) is 4.07. The second-order valence-corrected chi connectivity index (χ2v) is 7.23. The molecule has 1 saturated carbocycles. The summed E-state index contributed by atoms with van der Waals surface area (Å²) < 4.78 is 0.948. The molecule has 112 valence electrons. The Morgan fingerprint density at radius 2 is 1.62 bits per heavy atom. The standard InChI is InChI=1S/C17H20BrNO2/c18-14-7-3-2-6-13(14)12-19-15(20)10-17(11-16(19)21)8-4-1-5-9-17/h2-3,6-7H,1,4-5,8-12H2. The summed E-state index contributed by atoms with van der Waals surface area (Å²) in [5, 5.41) is 0. The van der Waals surface area contributed by atoms with Crippen LogP contribution in [0.25, 0.3) is 0 Å². The molecular formula is C17H20BrNO2. The van der Waals surface area contributed by atoms with Crippen molar-refractivity contribution in [2.75, 3.05) is 0 Å². The molecule has 21 heavy (non-hydrogen) atoms. The number of likely N-dealkylation sites (tertiary alicyclic amines) is 1. The van der Waals surface area contributed by atoms with Gasteiger partial charge >= 0.3 is 0 Å². The van der Waals surface area contributed by atoms with Crippen molar-refractivity contribution >= 4 is 27.7 Å². The molecule has 0 aromatic heterocycles. The molecule has 0 atom stereocenters. The summed E-state index contributed by atoms with van der Waals surface area (Å²) in [7, 11) is 0. The van der Waals surface area contributed by atoms with E-state index in [0.29, 0.717) is 19.4 Å². The molecule has 2 aliphatic rings. The lowest BCUT2D eigenvalue weighted by Gasteiger charge is -2.42. The fourth-order valence-electron chi connectivity index (χ4n) is 3.66. The van der Waals surface area contributed by atoms with Crippen molar-refractivity contribution in [1.29, 1.82) is 0 Å². The number of halogens is 1. The summed E-state index contributed by atoms with van der Waals surface area (Å²) in [4.78, 5) is 26.4. The molecule has 2 fully saturated rings. The zero-order chi connectivity index (χ0) is 14.9. The first kappa shape index (κ1) is 14.8. The van der Waals surface area contributed by atoms with E-state index < -0.39 is 0 Å². The van der Waals surface area contributed by atoms with Gasteiger partial charge in [0.15, 0.2) is 0 Å². The molecule has 1 spiro atoms. The van der Waals surface area contributed by atoms with Crippen LogP contribution in [-0.4, -0.2) is 16.7 Å². The zero-order valence-electron chi connectivity index (χ0n) is 12.1. The summed E-state index contributed by atoms with van der Waals surface area (Å²) in [6.45, 7) is 0.384. The maximum atomic E-state index is 12.5. The molecule has 3 rings (SSSR count). The predicted octanol–water partition coefficient (Wildman–Crippen LogP) is 4.05. The van der Waals surface area contributed by atoms with Crippen LogP contribution in [0.2, 0.25) is 0 Å². The van der Waals surface area contributed by atoms with E-state index in [2.05, 4.69) is 15.9 Å². The van der Waals surface area contributed by atoms with Gasteiger partial charge in [0.1, 0.15) is 0 Å². The van der Waals surface area contributed by atoms with Crippen molar-refractivity contribution in [3.63, 3.8) is 0 Å². The van der Waals surface area contributed by atoms with E-state index in [-0.39, 0.29) is 17.2 Å². The van der Waals surface area contributed by atoms with Gasteiger partial charge in [0.25, 0.3) is 0 Å². The Labute approximate surface area is 133 Å². The molecule has 4 heteroatoms. The molecule has 1 aromatic rings. The van der Waals surface area contributed by atoms with E-state index in [1.807, 2.05) is 24.3 Å². The number of carbonyl (C=O) groups excluding carboxylic acids is 2. The summed E-state index contributed by atoms with van der Waals surface area (Å²) in [5.74, 6) is 0.00723. The Kier molecular flexibility index (Phi) is 4.16. The minimum absolute atomic E-state index is 0.00361. The Hall–Kier alpha value is -1.16. The maximum absolute atomic E-state index is 12.5. The van der Waals surface area contributed by atoms with E-state index in [1.54, 1.807) is 0 Å². The molecule has 3 nitrogen and oxygen atoms in total. The third-order valence-corrected chi connectivity index (χ3v) is 5.63. The third kappa shape index (κ3) is 3.05. The van der Waals surface area contributed by atoms with Gasteiger partial charge in [-0.25, -0.2) is 0 Å². The normalized spacial score (nSPS) is 21.9. The first-order valence-electron chi connectivity index (χ1n) is 7.66. The minimum Gasteiger partial charge on any atom is -0.278 e. The number of carbonyl (C=O) groups is 2. The second-order valence-electron chi connectivity index (χ2n) is 6.38. The first-order chi connectivity index (χ1) is 10.1. The van der Waals surface area contributed by atoms with Crippen LogP contribution in [0.1, 0.15) is 50.5 Å². The molecule has 1 aliphatic carbocycles. The number of nitrogens with zero attached hydrogens (tertiary/aromatic N) is 1. The number of piperidine rings is 1. The Balaban J connectivity index is 1.75. The van der Waals surface area contributed by atoms with Crippen molar-refractivity contribution in [3.8, 4) is 0 Å². The highest BCUT2D eigenvalue weighted by Crippen LogP contribution is 2.45. The van der Waals surface area contributed by atoms with E-state index >= 15 is 0 Å².